The molecule has 4 amide bonds. The summed E-state index contributed by atoms with van der Waals surface area (Å²) in [4.78, 5) is 111. The number of aromatic amines is 1. The first-order chi connectivity index (χ1) is 23.2. The summed E-state index contributed by atoms with van der Waals surface area (Å²) < 4.78 is 0. The van der Waals surface area contributed by atoms with Gasteiger partial charge in [-0.25, -0.2) is 14.8 Å². The lowest BCUT2D eigenvalue weighted by atomic mass is 10.1. The van der Waals surface area contributed by atoms with Crippen LogP contribution in [0, 0.1) is 0 Å². The van der Waals surface area contributed by atoms with E-state index in [9.17, 15) is 48.6 Å². The number of amides is 4. The van der Waals surface area contributed by atoms with Crippen LogP contribution in [0.1, 0.15) is 41.7 Å². The molecule has 11 N–H and O–H groups in total. The third-order valence-electron chi connectivity index (χ3n) is 6.66. The van der Waals surface area contributed by atoms with Gasteiger partial charge in [-0.3, -0.25) is 38.5 Å². The highest BCUT2D eigenvalue weighted by atomic mass is 16.4. The zero-order chi connectivity index (χ0) is 36.2. The quantitative estimate of drug-likeness (QED) is 0.0704. The number of hydrogen-bond donors (Lipinski definition) is 10. The highest BCUT2D eigenvalue weighted by Crippen LogP contribution is 2.12. The number of aromatic nitrogens is 4. The van der Waals surface area contributed by atoms with E-state index in [0.717, 1.165) is 0 Å². The molecule has 0 radical (unpaired) electrons. The van der Waals surface area contributed by atoms with Crippen LogP contribution >= 0.6 is 0 Å². The van der Waals surface area contributed by atoms with Gasteiger partial charge in [0.25, 0.3) is 11.5 Å². The van der Waals surface area contributed by atoms with Gasteiger partial charge in [-0.2, -0.15) is 4.98 Å². The van der Waals surface area contributed by atoms with Crippen molar-refractivity contribution in [3.63, 3.8) is 0 Å². The van der Waals surface area contributed by atoms with E-state index in [2.05, 4.69) is 46.5 Å². The number of carbonyl (C=O) groups is 7. The predicted molar refractivity (Wildman–Crippen MR) is 167 cm³/mol. The Balaban J connectivity index is 1.56. The molecule has 0 aliphatic heterocycles. The summed E-state index contributed by atoms with van der Waals surface area (Å²) >= 11 is 0. The average Bonchev–Trinajstić information content (AvgIpc) is 3.04. The SMILES string of the molecule is CNC(=O)[C@H](CC(=O)O)NC(=O)[C@H](CC(=O)O)NC(=O)CC[C@H](NC(=O)c1ccc(NCc2cnc3nc(N)[nH]c(=O)c3n2)cc1)C(=O)O. The van der Waals surface area contributed by atoms with Gasteiger partial charge in [0.15, 0.2) is 11.2 Å². The summed E-state index contributed by atoms with van der Waals surface area (Å²) in [6.07, 6.45) is -1.37. The molecule has 1 aromatic carbocycles. The van der Waals surface area contributed by atoms with E-state index >= 15 is 0 Å². The number of nitrogen functional groups attached to an aromatic ring is 1. The summed E-state index contributed by atoms with van der Waals surface area (Å²) in [5.41, 5.74) is 6.05. The van der Waals surface area contributed by atoms with Gasteiger partial charge in [0, 0.05) is 24.7 Å². The van der Waals surface area contributed by atoms with Gasteiger partial charge in [-0.1, -0.05) is 0 Å². The molecule has 21 heteroatoms. The molecule has 21 nitrogen and oxygen atoms in total. The van der Waals surface area contributed by atoms with E-state index in [1.54, 1.807) is 0 Å². The number of H-pyrrole nitrogens is 1. The number of anilines is 2. The molecule has 3 atom stereocenters. The number of fused-ring (bicyclic) bond motifs is 1. The summed E-state index contributed by atoms with van der Waals surface area (Å²) in [6.45, 7) is 0.146. The Labute approximate surface area is 275 Å². The standard InChI is InChI=1S/C28H32N10O11/c1-30-24(45)16(8-19(40)41)36-25(46)17(9-20(42)43)34-18(39)7-6-15(27(48)49)35-23(44)12-2-4-13(5-3-12)31-10-14-11-32-22-21(33-14)26(47)38-28(29)37-22/h2-5,11,15-17,31H,6-10H2,1H3,(H,30,45)(H,34,39)(H,35,44)(H,36,46)(H,40,41)(H,42,43)(H,48,49)(H3,29,32,37,38,47)/t15-,16-,17-/m0/s1. The van der Waals surface area contributed by atoms with Crippen molar-refractivity contribution in [3.05, 3.63) is 52.1 Å². The third kappa shape index (κ3) is 11.0. The van der Waals surface area contributed by atoms with Crippen molar-refractivity contribution in [3.8, 4) is 0 Å². The summed E-state index contributed by atoms with van der Waals surface area (Å²) in [5.74, 6) is -8.28. The van der Waals surface area contributed by atoms with Crippen molar-refractivity contribution in [2.45, 2.75) is 50.4 Å². The molecule has 2 heterocycles. The van der Waals surface area contributed by atoms with Crippen molar-refractivity contribution in [2.24, 2.45) is 0 Å². The minimum Gasteiger partial charge on any atom is -0.481 e. The zero-order valence-corrected chi connectivity index (χ0v) is 25.7. The van der Waals surface area contributed by atoms with Crippen LogP contribution in [0.3, 0.4) is 0 Å². The highest BCUT2D eigenvalue weighted by Gasteiger charge is 2.30. The molecule has 3 aromatic rings. The fourth-order valence-corrected chi connectivity index (χ4v) is 4.24. The lowest BCUT2D eigenvalue weighted by molar-refractivity contribution is -0.143. The van der Waals surface area contributed by atoms with Crippen molar-refractivity contribution >= 4 is 64.3 Å². The smallest absolute Gasteiger partial charge is 0.326 e. The zero-order valence-electron chi connectivity index (χ0n) is 25.7. The fraction of sp³-hybridized carbons (Fsp3) is 0.321. The number of carboxylic acids is 3. The van der Waals surface area contributed by atoms with E-state index in [0.29, 0.717) is 11.4 Å². The van der Waals surface area contributed by atoms with Crippen molar-refractivity contribution < 1.29 is 48.9 Å². The van der Waals surface area contributed by atoms with Crippen molar-refractivity contribution in [1.29, 1.82) is 0 Å². The molecule has 0 bridgehead atoms. The van der Waals surface area contributed by atoms with Crippen molar-refractivity contribution in [2.75, 3.05) is 18.1 Å². The van der Waals surface area contributed by atoms with Gasteiger partial charge >= 0.3 is 17.9 Å². The summed E-state index contributed by atoms with van der Waals surface area (Å²) in [7, 11) is 1.19. The van der Waals surface area contributed by atoms with Crippen molar-refractivity contribution in [1.82, 2.24) is 41.2 Å². The van der Waals surface area contributed by atoms with Gasteiger partial charge in [0.2, 0.25) is 23.7 Å². The minimum atomic E-state index is -1.73. The number of hydrogen-bond acceptors (Lipinski definition) is 13. The highest BCUT2D eigenvalue weighted by molar-refractivity contribution is 5.97. The summed E-state index contributed by atoms with van der Waals surface area (Å²) in [5, 5.41) is 39.5. The second-order valence-corrected chi connectivity index (χ2v) is 10.3. The van der Waals surface area contributed by atoms with Crippen LogP contribution in [-0.4, -0.2) is 102 Å². The Bertz CT molecular complexity index is 1810. The molecular formula is C28H32N10O11. The number of likely N-dealkylation sites (N-methyl/N-ethyl adjacent to an activating group) is 1. The number of benzene rings is 1. The Morgan fingerprint density at radius 1 is 0.857 bits per heavy atom. The second-order valence-electron chi connectivity index (χ2n) is 10.3. The molecule has 0 aliphatic rings. The predicted octanol–water partition coefficient (Wildman–Crippen LogP) is -2.46. The number of carboxylic acid groups (broad SMARTS) is 3. The van der Waals surface area contributed by atoms with Crippen LogP contribution in [0.2, 0.25) is 0 Å². The first-order valence-electron chi connectivity index (χ1n) is 14.3. The van der Waals surface area contributed by atoms with Gasteiger partial charge in [-0.15, -0.1) is 0 Å². The normalized spacial score (nSPS) is 12.5. The monoisotopic (exact) mass is 684 g/mol. The molecule has 0 fully saturated rings. The van der Waals surface area contributed by atoms with E-state index in [-0.39, 0.29) is 29.2 Å². The maximum absolute atomic E-state index is 12.8. The van der Waals surface area contributed by atoms with Crippen LogP contribution in [0.5, 0.6) is 0 Å². The van der Waals surface area contributed by atoms with Gasteiger partial charge in [0.05, 0.1) is 31.3 Å². The van der Waals surface area contributed by atoms with Gasteiger partial charge in [0.1, 0.15) is 18.1 Å². The lowest BCUT2D eigenvalue weighted by Gasteiger charge is -2.21. The minimum absolute atomic E-state index is 0.000511. The van der Waals surface area contributed by atoms with Crippen LogP contribution in [0.15, 0.2) is 35.3 Å². The van der Waals surface area contributed by atoms with E-state index in [4.69, 9.17) is 10.8 Å². The molecule has 0 saturated heterocycles. The van der Waals surface area contributed by atoms with Crippen LogP contribution in [0.4, 0.5) is 11.6 Å². The van der Waals surface area contributed by atoms with Crippen LogP contribution in [0.25, 0.3) is 11.2 Å². The molecular weight excluding hydrogens is 652 g/mol. The molecule has 0 aliphatic carbocycles. The van der Waals surface area contributed by atoms with E-state index in [1.165, 1.54) is 37.5 Å². The van der Waals surface area contributed by atoms with E-state index < -0.39 is 90.9 Å². The Kier molecular flexibility index (Phi) is 12.6. The summed E-state index contributed by atoms with van der Waals surface area (Å²) in [6, 6.07) is 1.00. The maximum Gasteiger partial charge on any atom is 0.326 e. The fourth-order valence-electron chi connectivity index (χ4n) is 4.24. The molecule has 49 heavy (non-hydrogen) atoms. The number of carbonyl (C=O) groups excluding carboxylic acids is 4. The molecule has 0 saturated carbocycles. The number of aliphatic carboxylic acids is 3. The molecule has 0 unspecified atom stereocenters. The largest absolute Gasteiger partial charge is 0.481 e. The molecule has 0 spiro atoms. The van der Waals surface area contributed by atoms with Gasteiger partial charge < -0.3 is 47.6 Å². The number of nitrogens with two attached hydrogens (primary N) is 1. The number of nitrogens with zero attached hydrogens (tertiary/aromatic N) is 3. The first kappa shape index (κ1) is 36.8. The Morgan fingerprint density at radius 2 is 1.49 bits per heavy atom. The lowest BCUT2D eigenvalue weighted by Crippen LogP contribution is -2.54. The van der Waals surface area contributed by atoms with Crippen LogP contribution in [-0.2, 0) is 35.3 Å². The topological polar surface area (TPSA) is 338 Å². The third-order valence-corrected chi connectivity index (χ3v) is 6.66. The molecule has 260 valence electrons. The Morgan fingerprint density at radius 3 is 2.08 bits per heavy atom. The second kappa shape index (κ2) is 16.8. The van der Waals surface area contributed by atoms with E-state index in [1.807, 2.05) is 0 Å². The maximum atomic E-state index is 12.8. The number of nitrogens with one attached hydrogen (secondary N) is 6. The molecule has 3 rings (SSSR count). The van der Waals surface area contributed by atoms with Crippen LogP contribution < -0.4 is 37.9 Å². The Hall–Kier alpha value is -6.67. The number of rotatable bonds is 17. The first-order valence-corrected chi connectivity index (χ1v) is 14.3. The average molecular weight is 685 g/mol. The molecule has 2 aromatic heterocycles. The van der Waals surface area contributed by atoms with Gasteiger partial charge in [-0.05, 0) is 30.7 Å².